The van der Waals surface area contributed by atoms with Gasteiger partial charge in [-0.2, -0.15) is 0 Å². The first-order chi connectivity index (χ1) is 17.4. The second-order valence-electron chi connectivity index (χ2n) is 9.94. The molecule has 1 aliphatic rings. The van der Waals surface area contributed by atoms with Gasteiger partial charge >= 0.3 is 0 Å². The molecule has 36 heavy (non-hydrogen) atoms. The SMILES string of the molecule is CC(C)C(NC(=O)c1ccc2ccccc2c1)C(=O)NC1CCCN(CCc2ccccc2)CC1=O. The molecule has 0 aromatic heterocycles. The molecule has 0 spiro atoms. The Balaban J connectivity index is 1.35. The summed E-state index contributed by atoms with van der Waals surface area (Å²) in [6.45, 7) is 5.76. The van der Waals surface area contributed by atoms with Crippen LogP contribution in [0.4, 0.5) is 0 Å². The van der Waals surface area contributed by atoms with Crippen molar-refractivity contribution in [2.24, 2.45) is 5.92 Å². The summed E-state index contributed by atoms with van der Waals surface area (Å²) >= 11 is 0. The molecule has 3 aromatic rings. The number of ketones is 1. The van der Waals surface area contributed by atoms with Crippen molar-refractivity contribution < 1.29 is 14.4 Å². The number of benzene rings is 3. The fourth-order valence-electron chi connectivity index (χ4n) is 4.72. The van der Waals surface area contributed by atoms with E-state index in [2.05, 4.69) is 27.7 Å². The van der Waals surface area contributed by atoms with E-state index < -0.39 is 12.1 Å². The molecule has 1 aliphatic heterocycles. The largest absolute Gasteiger partial charge is 0.344 e. The van der Waals surface area contributed by atoms with Gasteiger partial charge in [0.25, 0.3) is 5.91 Å². The van der Waals surface area contributed by atoms with E-state index >= 15 is 0 Å². The second kappa shape index (κ2) is 12.0. The van der Waals surface area contributed by atoms with E-state index in [1.54, 1.807) is 6.07 Å². The summed E-state index contributed by atoms with van der Waals surface area (Å²) in [5.74, 6) is -0.709. The molecule has 0 saturated carbocycles. The van der Waals surface area contributed by atoms with Crippen LogP contribution in [0, 0.1) is 5.92 Å². The van der Waals surface area contributed by atoms with E-state index in [1.165, 1.54) is 5.56 Å². The number of likely N-dealkylation sites (tertiary alicyclic amines) is 1. The van der Waals surface area contributed by atoms with Crippen LogP contribution in [0.1, 0.15) is 42.6 Å². The summed E-state index contributed by atoms with van der Waals surface area (Å²) in [5.41, 5.74) is 1.76. The number of fused-ring (bicyclic) bond motifs is 1. The first kappa shape index (κ1) is 25.6. The minimum Gasteiger partial charge on any atom is -0.344 e. The quantitative estimate of drug-likeness (QED) is 0.506. The first-order valence-electron chi connectivity index (χ1n) is 12.8. The smallest absolute Gasteiger partial charge is 0.251 e. The van der Waals surface area contributed by atoms with Crippen LogP contribution in [0.3, 0.4) is 0 Å². The Morgan fingerprint density at radius 2 is 1.69 bits per heavy atom. The van der Waals surface area contributed by atoms with Gasteiger partial charge < -0.3 is 10.6 Å². The summed E-state index contributed by atoms with van der Waals surface area (Å²) in [7, 11) is 0. The van der Waals surface area contributed by atoms with Crippen LogP contribution < -0.4 is 10.6 Å². The Morgan fingerprint density at radius 3 is 2.44 bits per heavy atom. The topological polar surface area (TPSA) is 78.5 Å². The van der Waals surface area contributed by atoms with E-state index in [1.807, 2.05) is 68.4 Å². The lowest BCUT2D eigenvalue weighted by Crippen LogP contribution is -2.54. The van der Waals surface area contributed by atoms with Gasteiger partial charge in [0.1, 0.15) is 6.04 Å². The molecule has 1 fully saturated rings. The number of carbonyl (C=O) groups is 3. The first-order valence-corrected chi connectivity index (χ1v) is 12.8. The molecule has 6 nitrogen and oxygen atoms in total. The normalized spacial score (nSPS) is 17.5. The Hall–Kier alpha value is -3.51. The minimum atomic E-state index is -0.728. The molecule has 0 bridgehead atoms. The molecular formula is C30H35N3O3. The number of Topliss-reactive ketones (excluding diaryl/α,β-unsaturated/α-hetero) is 1. The van der Waals surface area contributed by atoms with Gasteiger partial charge in [0.2, 0.25) is 5.91 Å². The average Bonchev–Trinajstić information content (AvgIpc) is 3.06. The van der Waals surface area contributed by atoms with Crippen molar-refractivity contribution in [2.75, 3.05) is 19.6 Å². The Bertz CT molecular complexity index is 1210. The number of nitrogens with zero attached hydrogens (tertiary/aromatic N) is 1. The van der Waals surface area contributed by atoms with Crippen molar-refractivity contribution in [3.63, 3.8) is 0 Å². The van der Waals surface area contributed by atoms with Gasteiger partial charge in [-0.25, -0.2) is 0 Å². The van der Waals surface area contributed by atoms with Crippen LogP contribution in [-0.2, 0) is 16.0 Å². The number of rotatable bonds is 8. The van der Waals surface area contributed by atoms with Crippen molar-refractivity contribution >= 4 is 28.4 Å². The van der Waals surface area contributed by atoms with Gasteiger partial charge in [0, 0.05) is 12.1 Å². The molecule has 6 heteroatoms. The summed E-state index contributed by atoms with van der Waals surface area (Å²) in [4.78, 5) is 41.3. The zero-order valence-corrected chi connectivity index (χ0v) is 21.1. The average molecular weight is 486 g/mol. The number of hydrogen-bond donors (Lipinski definition) is 2. The minimum absolute atomic E-state index is 0.0253. The number of hydrogen-bond acceptors (Lipinski definition) is 4. The Kier molecular flexibility index (Phi) is 8.49. The zero-order valence-electron chi connectivity index (χ0n) is 21.1. The number of nitrogens with one attached hydrogen (secondary N) is 2. The number of carbonyl (C=O) groups excluding carboxylic acids is 3. The molecule has 3 aromatic carbocycles. The molecule has 1 heterocycles. The molecular weight excluding hydrogens is 450 g/mol. The number of amides is 2. The molecule has 188 valence electrons. The van der Waals surface area contributed by atoms with E-state index in [9.17, 15) is 14.4 Å². The molecule has 0 radical (unpaired) electrons. The van der Waals surface area contributed by atoms with Crippen molar-refractivity contribution in [3.8, 4) is 0 Å². The van der Waals surface area contributed by atoms with Crippen molar-refractivity contribution in [3.05, 3.63) is 83.9 Å². The molecule has 2 atom stereocenters. The van der Waals surface area contributed by atoms with Gasteiger partial charge in [0.15, 0.2) is 5.78 Å². The highest BCUT2D eigenvalue weighted by molar-refractivity contribution is 6.01. The van der Waals surface area contributed by atoms with Gasteiger partial charge in [-0.05, 0) is 60.2 Å². The molecule has 4 rings (SSSR count). The van der Waals surface area contributed by atoms with Crippen LogP contribution in [0.2, 0.25) is 0 Å². The summed E-state index contributed by atoms with van der Waals surface area (Å²) in [6.07, 6.45) is 2.33. The highest BCUT2D eigenvalue weighted by atomic mass is 16.2. The maximum Gasteiger partial charge on any atom is 0.251 e. The molecule has 0 aliphatic carbocycles. The molecule has 1 saturated heterocycles. The maximum absolute atomic E-state index is 13.2. The molecule has 2 amide bonds. The maximum atomic E-state index is 13.2. The lowest BCUT2D eigenvalue weighted by molar-refractivity contribution is -0.129. The lowest BCUT2D eigenvalue weighted by Gasteiger charge is -2.25. The van der Waals surface area contributed by atoms with Crippen LogP contribution in [0.15, 0.2) is 72.8 Å². The van der Waals surface area contributed by atoms with Gasteiger partial charge in [0.05, 0.1) is 12.6 Å². The highest BCUT2D eigenvalue weighted by Crippen LogP contribution is 2.17. The summed E-state index contributed by atoms with van der Waals surface area (Å²) < 4.78 is 0. The summed E-state index contributed by atoms with van der Waals surface area (Å²) in [5, 5.41) is 7.85. The van der Waals surface area contributed by atoms with E-state index in [4.69, 9.17) is 0 Å². The third-order valence-corrected chi connectivity index (χ3v) is 6.86. The summed E-state index contributed by atoms with van der Waals surface area (Å²) in [6, 6.07) is 22.3. The standard InChI is InChI=1S/C30H35N3O3/c1-21(2)28(32-29(35)25-15-14-23-11-6-7-12-24(23)19-25)30(36)31-26-13-8-17-33(20-27(26)34)18-16-22-9-4-3-5-10-22/h3-7,9-12,14-15,19,21,26,28H,8,13,16-18,20H2,1-2H3,(H,31,36)(H,32,35). The third kappa shape index (κ3) is 6.58. The Morgan fingerprint density at radius 1 is 0.972 bits per heavy atom. The lowest BCUT2D eigenvalue weighted by atomic mass is 10.0. The van der Waals surface area contributed by atoms with Gasteiger partial charge in [-0.3, -0.25) is 19.3 Å². The second-order valence-corrected chi connectivity index (χ2v) is 9.94. The van der Waals surface area contributed by atoms with Crippen LogP contribution >= 0.6 is 0 Å². The highest BCUT2D eigenvalue weighted by Gasteiger charge is 2.31. The third-order valence-electron chi connectivity index (χ3n) is 6.86. The fraction of sp³-hybridized carbons (Fsp3) is 0.367. The van der Waals surface area contributed by atoms with Gasteiger partial charge in [-0.1, -0.05) is 74.5 Å². The fourth-order valence-corrected chi connectivity index (χ4v) is 4.72. The van der Waals surface area contributed by atoms with Crippen molar-refractivity contribution in [1.82, 2.24) is 15.5 Å². The predicted octanol–water partition coefficient (Wildman–Crippen LogP) is 3.99. The molecule has 2 unspecified atom stereocenters. The van der Waals surface area contributed by atoms with Crippen LogP contribution in [-0.4, -0.2) is 54.2 Å². The van der Waals surface area contributed by atoms with E-state index in [-0.39, 0.29) is 23.5 Å². The van der Waals surface area contributed by atoms with Crippen LogP contribution in [0.5, 0.6) is 0 Å². The Labute approximate surface area is 213 Å². The monoisotopic (exact) mass is 485 g/mol. The van der Waals surface area contributed by atoms with Crippen molar-refractivity contribution in [1.29, 1.82) is 0 Å². The van der Waals surface area contributed by atoms with Crippen LogP contribution in [0.25, 0.3) is 10.8 Å². The van der Waals surface area contributed by atoms with E-state index in [0.717, 1.165) is 36.7 Å². The predicted molar refractivity (Wildman–Crippen MR) is 143 cm³/mol. The van der Waals surface area contributed by atoms with E-state index in [0.29, 0.717) is 18.5 Å². The van der Waals surface area contributed by atoms with Crippen molar-refractivity contribution in [2.45, 2.75) is 45.2 Å². The van der Waals surface area contributed by atoms with Gasteiger partial charge in [-0.15, -0.1) is 0 Å². The zero-order chi connectivity index (χ0) is 25.5. The molecule has 2 N–H and O–H groups in total.